The van der Waals surface area contributed by atoms with Crippen LogP contribution in [0.4, 0.5) is 0 Å². The largest absolute Gasteiger partial charge is 0.618 e. The van der Waals surface area contributed by atoms with Gasteiger partial charge in [0.1, 0.15) is 0 Å². The van der Waals surface area contributed by atoms with Gasteiger partial charge >= 0.3 is 0 Å². The van der Waals surface area contributed by atoms with Gasteiger partial charge in [0.25, 0.3) is 0 Å². The molecular weight excluding hydrogens is 198 g/mol. The molecule has 0 saturated carbocycles. The normalized spacial score (nSPS) is 11.1. The molecule has 1 aromatic heterocycles. The van der Waals surface area contributed by atoms with E-state index >= 15 is 0 Å². The minimum atomic E-state index is 0.725. The Bertz CT molecular complexity index is 689. The van der Waals surface area contributed by atoms with Crippen LogP contribution in [0.3, 0.4) is 0 Å². The molecule has 2 aromatic carbocycles. The van der Waals surface area contributed by atoms with Gasteiger partial charge in [0.2, 0.25) is 5.52 Å². The molecule has 3 aromatic rings. The summed E-state index contributed by atoms with van der Waals surface area (Å²) in [6.07, 6.45) is 0. The lowest BCUT2D eigenvalue weighted by Gasteiger charge is -2.05. The molecule has 0 bridgehead atoms. The SMILES string of the molecule is Cc1ccc2cc3ccccc3cc2[n+]1[O-]. The van der Waals surface area contributed by atoms with E-state index in [4.69, 9.17) is 0 Å². The van der Waals surface area contributed by atoms with E-state index in [1.807, 2.05) is 43.3 Å². The van der Waals surface area contributed by atoms with E-state index in [9.17, 15) is 5.21 Å². The van der Waals surface area contributed by atoms with Gasteiger partial charge in [-0.3, -0.25) is 0 Å². The van der Waals surface area contributed by atoms with Crippen LogP contribution < -0.4 is 4.73 Å². The van der Waals surface area contributed by atoms with E-state index in [1.165, 1.54) is 5.39 Å². The van der Waals surface area contributed by atoms with Gasteiger partial charge in [-0.25, -0.2) is 0 Å². The first-order valence-corrected chi connectivity index (χ1v) is 5.27. The second-order valence-electron chi connectivity index (χ2n) is 4.03. The van der Waals surface area contributed by atoms with Gasteiger partial charge in [-0.2, -0.15) is 4.73 Å². The molecule has 0 fully saturated rings. The third kappa shape index (κ3) is 1.23. The summed E-state index contributed by atoms with van der Waals surface area (Å²) < 4.78 is 0.988. The molecule has 3 rings (SSSR count). The van der Waals surface area contributed by atoms with Crippen LogP contribution in [0.15, 0.2) is 48.5 Å². The summed E-state index contributed by atoms with van der Waals surface area (Å²) in [7, 11) is 0. The van der Waals surface area contributed by atoms with E-state index in [2.05, 4.69) is 12.1 Å². The number of hydrogen-bond acceptors (Lipinski definition) is 1. The highest BCUT2D eigenvalue weighted by Crippen LogP contribution is 2.20. The third-order valence-electron chi connectivity index (χ3n) is 2.94. The number of rotatable bonds is 0. The Hall–Kier alpha value is -2.09. The minimum Gasteiger partial charge on any atom is -0.618 e. The number of nitrogens with zero attached hydrogens (tertiary/aromatic N) is 1. The number of fused-ring (bicyclic) bond motifs is 2. The van der Waals surface area contributed by atoms with E-state index in [0.29, 0.717) is 0 Å². The van der Waals surface area contributed by atoms with Crippen molar-refractivity contribution in [2.75, 3.05) is 0 Å². The summed E-state index contributed by atoms with van der Waals surface area (Å²) in [6, 6.07) is 15.9. The van der Waals surface area contributed by atoms with Crippen LogP contribution in [0.25, 0.3) is 21.7 Å². The maximum Gasteiger partial charge on any atom is 0.224 e. The molecule has 0 atom stereocenters. The minimum absolute atomic E-state index is 0.725. The van der Waals surface area contributed by atoms with Gasteiger partial charge in [0, 0.05) is 24.4 Å². The first-order valence-electron chi connectivity index (χ1n) is 5.27. The molecule has 0 aliphatic heterocycles. The maximum absolute atomic E-state index is 11.9. The van der Waals surface area contributed by atoms with Crippen LogP contribution >= 0.6 is 0 Å². The van der Waals surface area contributed by atoms with Gasteiger partial charge < -0.3 is 5.21 Å². The summed E-state index contributed by atoms with van der Waals surface area (Å²) >= 11 is 0. The predicted octanol–water partition coefficient (Wildman–Crippen LogP) is 2.93. The summed E-state index contributed by atoms with van der Waals surface area (Å²) in [5.74, 6) is 0. The quantitative estimate of drug-likeness (QED) is 0.317. The molecule has 1 heterocycles. The molecule has 16 heavy (non-hydrogen) atoms. The molecule has 0 aliphatic rings. The maximum atomic E-state index is 11.9. The molecule has 78 valence electrons. The Kier molecular flexibility index (Phi) is 1.83. The zero-order valence-electron chi connectivity index (χ0n) is 8.97. The van der Waals surface area contributed by atoms with Crippen molar-refractivity contribution < 1.29 is 4.73 Å². The Morgan fingerprint density at radius 3 is 2.31 bits per heavy atom. The molecule has 0 aliphatic carbocycles. The first-order chi connectivity index (χ1) is 7.75. The highest BCUT2D eigenvalue weighted by atomic mass is 16.5. The molecule has 0 N–H and O–H groups in total. The van der Waals surface area contributed by atoms with Crippen LogP contribution in [-0.2, 0) is 0 Å². The Balaban J connectivity index is 2.51. The highest BCUT2D eigenvalue weighted by Gasteiger charge is 2.07. The standard InChI is InChI=1S/C14H11NO/c1-10-6-7-13-8-11-4-2-3-5-12(11)9-14(13)15(10)16/h2-9H,1H3. The van der Waals surface area contributed by atoms with Gasteiger partial charge in [-0.15, -0.1) is 0 Å². The number of hydrogen-bond donors (Lipinski definition) is 0. The summed E-state index contributed by atoms with van der Waals surface area (Å²) in [6.45, 7) is 1.82. The van der Waals surface area contributed by atoms with Crippen molar-refractivity contribution in [3.05, 3.63) is 59.4 Å². The van der Waals surface area contributed by atoms with Crippen molar-refractivity contribution in [1.29, 1.82) is 0 Å². The van der Waals surface area contributed by atoms with Crippen molar-refractivity contribution in [2.24, 2.45) is 0 Å². The van der Waals surface area contributed by atoms with Gasteiger partial charge in [-0.05, 0) is 22.9 Å². The first kappa shape index (κ1) is 9.16. The summed E-state index contributed by atoms with van der Waals surface area (Å²) in [4.78, 5) is 0. The Labute approximate surface area is 93.3 Å². The van der Waals surface area contributed by atoms with Gasteiger partial charge in [0.15, 0.2) is 5.69 Å². The smallest absolute Gasteiger partial charge is 0.224 e. The van der Waals surface area contributed by atoms with Crippen molar-refractivity contribution in [2.45, 2.75) is 6.92 Å². The Morgan fingerprint density at radius 2 is 1.56 bits per heavy atom. The highest BCUT2D eigenvalue weighted by molar-refractivity contribution is 5.95. The van der Waals surface area contributed by atoms with E-state index in [1.54, 1.807) is 0 Å². The van der Waals surface area contributed by atoms with Crippen molar-refractivity contribution in [3.63, 3.8) is 0 Å². The third-order valence-corrected chi connectivity index (χ3v) is 2.94. The number of aromatic nitrogens is 1. The molecule has 2 nitrogen and oxygen atoms in total. The second-order valence-corrected chi connectivity index (χ2v) is 4.03. The van der Waals surface area contributed by atoms with Crippen molar-refractivity contribution in [3.8, 4) is 0 Å². The van der Waals surface area contributed by atoms with E-state index in [-0.39, 0.29) is 0 Å². The monoisotopic (exact) mass is 209 g/mol. The van der Waals surface area contributed by atoms with Crippen molar-refractivity contribution in [1.82, 2.24) is 0 Å². The van der Waals surface area contributed by atoms with Gasteiger partial charge in [0.05, 0.1) is 0 Å². The fourth-order valence-corrected chi connectivity index (χ4v) is 2.02. The van der Waals surface area contributed by atoms with E-state index < -0.39 is 0 Å². The van der Waals surface area contributed by atoms with Crippen LogP contribution in [0.1, 0.15) is 5.69 Å². The lowest BCUT2D eigenvalue weighted by atomic mass is 10.1. The molecule has 0 saturated heterocycles. The summed E-state index contributed by atoms with van der Waals surface area (Å²) in [5, 5.41) is 15.1. The second kappa shape index (κ2) is 3.20. The number of benzene rings is 2. The fourth-order valence-electron chi connectivity index (χ4n) is 2.02. The van der Waals surface area contributed by atoms with Crippen LogP contribution in [0.2, 0.25) is 0 Å². The average Bonchev–Trinajstić information content (AvgIpc) is 2.32. The molecule has 0 radical (unpaired) electrons. The lowest BCUT2D eigenvalue weighted by molar-refractivity contribution is -0.584. The molecule has 0 amide bonds. The van der Waals surface area contributed by atoms with Gasteiger partial charge in [-0.1, -0.05) is 24.3 Å². The van der Waals surface area contributed by atoms with Crippen LogP contribution in [0, 0.1) is 12.1 Å². The zero-order valence-corrected chi connectivity index (χ0v) is 8.97. The van der Waals surface area contributed by atoms with Crippen molar-refractivity contribution >= 4 is 21.7 Å². The molecule has 0 unspecified atom stereocenters. The number of aryl methyl sites for hydroxylation is 1. The predicted molar refractivity (Wildman–Crippen MR) is 65.2 cm³/mol. The summed E-state index contributed by atoms with van der Waals surface area (Å²) in [5.41, 5.74) is 1.46. The molecule has 2 heteroatoms. The molecular formula is C14H11NO. The zero-order chi connectivity index (χ0) is 11.1. The van der Waals surface area contributed by atoms with Crippen LogP contribution in [-0.4, -0.2) is 0 Å². The molecule has 0 spiro atoms. The van der Waals surface area contributed by atoms with Crippen LogP contribution in [0.5, 0.6) is 0 Å². The average molecular weight is 209 g/mol. The topological polar surface area (TPSA) is 26.9 Å². The van der Waals surface area contributed by atoms with E-state index in [0.717, 1.165) is 26.7 Å². The fraction of sp³-hybridized carbons (Fsp3) is 0.0714. The number of pyridine rings is 1. The Morgan fingerprint density at radius 1 is 0.875 bits per heavy atom. The lowest BCUT2D eigenvalue weighted by Crippen LogP contribution is -2.30.